The Labute approximate surface area is 110 Å². The third-order valence-corrected chi connectivity index (χ3v) is 3.57. The maximum atomic E-state index is 7.19. The van der Waals surface area contributed by atoms with Crippen LogP contribution in [-0.4, -0.2) is 18.0 Å². The summed E-state index contributed by atoms with van der Waals surface area (Å²) in [6, 6.07) is 0. The van der Waals surface area contributed by atoms with Gasteiger partial charge in [-0.1, -0.05) is 30.7 Å². The number of nitrogens with two attached hydrogens (primary N) is 1. The molecule has 0 unspecified atom stereocenters. The Bertz CT molecular complexity index is 300. The summed E-state index contributed by atoms with van der Waals surface area (Å²) in [5.74, 6) is 1.61. The van der Waals surface area contributed by atoms with Crippen molar-refractivity contribution in [2.45, 2.75) is 26.7 Å². The van der Waals surface area contributed by atoms with Crippen LogP contribution in [0.25, 0.3) is 0 Å². The molecule has 0 aromatic rings. The number of halogens is 1. The van der Waals surface area contributed by atoms with Crippen molar-refractivity contribution in [2.75, 3.05) is 12.9 Å². The van der Waals surface area contributed by atoms with Gasteiger partial charge in [0.15, 0.2) is 5.17 Å². The summed E-state index contributed by atoms with van der Waals surface area (Å²) in [6.45, 7) is 4.04. The van der Waals surface area contributed by atoms with Crippen molar-refractivity contribution in [1.82, 2.24) is 0 Å². The van der Waals surface area contributed by atoms with Crippen LogP contribution in [0.2, 0.25) is 0 Å². The molecule has 0 rings (SSSR count). The highest BCUT2D eigenvalue weighted by Gasteiger charge is 2.02. The van der Waals surface area contributed by atoms with E-state index in [0.717, 1.165) is 28.8 Å². The minimum Gasteiger partial charge on any atom is -0.500 e. The molecule has 0 saturated heterocycles. The second kappa shape index (κ2) is 8.70. The van der Waals surface area contributed by atoms with Gasteiger partial charge >= 0.3 is 0 Å². The Morgan fingerprint density at radius 1 is 1.56 bits per heavy atom. The second-order valence-corrected chi connectivity index (χ2v) is 5.19. The van der Waals surface area contributed by atoms with Crippen LogP contribution >= 0.6 is 27.7 Å². The summed E-state index contributed by atoms with van der Waals surface area (Å²) in [5, 5.41) is 7.35. The van der Waals surface area contributed by atoms with Gasteiger partial charge in [0.25, 0.3) is 0 Å². The molecular weight excluding hydrogens is 288 g/mol. The summed E-state index contributed by atoms with van der Waals surface area (Å²) < 4.78 is 6.08. The maximum Gasteiger partial charge on any atom is 0.151 e. The first kappa shape index (κ1) is 15.6. The minimum atomic E-state index is 0.158. The van der Waals surface area contributed by atoms with Gasteiger partial charge in [-0.2, -0.15) is 0 Å². The molecule has 0 aromatic carbocycles. The number of allylic oxidation sites excluding steroid dienone is 3. The maximum absolute atomic E-state index is 7.19. The minimum absolute atomic E-state index is 0.158. The van der Waals surface area contributed by atoms with Crippen LogP contribution in [0.5, 0.6) is 0 Å². The highest BCUT2D eigenvalue weighted by Crippen LogP contribution is 2.20. The lowest BCUT2D eigenvalue weighted by Crippen LogP contribution is -2.05. The zero-order valence-corrected chi connectivity index (χ0v) is 12.4. The third-order valence-electron chi connectivity index (χ3n) is 1.96. The summed E-state index contributed by atoms with van der Waals surface area (Å²) in [5.41, 5.74) is 6.58. The van der Waals surface area contributed by atoms with Gasteiger partial charge in [0.05, 0.1) is 11.6 Å². The summed E-state index contributed by atoms with van der Waals surface area (Å²) >= 11 is 4.81. The van der Waals surface area contributed by atoms with Gasteiger partial charge in [-0.05, 0) is 35.4 Å². The zero-order chi connectivity index (χ0) is 12.6. The molecule has 0 radical (unpaired) electrons. The lowest BCUT2D eigenvalue weighted by atomic mass is 10.1. The molecule has 3 N–H and O–H groups in total. The molecule has 0 fully saturated rings. The lowest BCUT2D eigenvalue weighted by Gasteiger charge is -2.06. The predicted molar refractivity (Wildman–Crippen MR) is 76.0 cm³/mol. The number of hydrogen-bond donors (Lipinski definition) is 2. The largest absolute Gasteiger partial charge is 0.500 e. The van der Waals surface area contributed by atoms with Crippen LogP contribution in [0.4, 0.5) is 0 Å². The molecule has 16 heavy (non-hydrogen) atoms. The third kappa shape index (κ3) is 6.95. The standard InChI is InChI=1S/C11H19BrN2OS/c1-4-5-9(7-16-11(13)14)6-10(12)8(2)15-3/h6H,4-5,7H2,1-3H3,(H3,13,14)/b9-6+,10-8-. The first-order valence-corrected chi connectivity index (χ1v) is 6.85. The molecule has 92 valence electrons. The highest BCUT2D eigenvalue weighted by molar-refractivity contribution is 9.11. The fourth-order valence-electron chi connectivity index (χ4n) is 1.06. The fraction of sp³-hybridized carbons (Fsp3) is 0.545. The Morgan fingerprint density at radius 2 is 2.19 bits per heavy atom. The van der Waals surface area contributed by atoms with Crippen molar-refractivity contribution in [2.24, 2.45) is 5.73 Å². The SMILES string of the molecule is CCC/C(=C\C(Br)=C(/C)OC)CSC(=N)N. The van der Waals surface area contributed by atoms with Gasteiger partial charge in [-0.15, -0.1) is 0 Å². The highest BCUT2D eigenvalue weighted by atomic mass is 79.9. The first-order valence-electron chi connectivity index (χ1n) is 5.07. The average molecular weight is 307 g/mol. The van der Waals surface area contributed by atoms with Crippen LogP contribution in [-0.2, 0) is 4.74 Å². The van der Waals surface area contributed by atoms with Crippen LogP contribution in [0.15, 0.2) is 21.9 Å². The van der Waals surface area contributed by atoms with Crippen LogP contribution in [0.1, 0.15) is 26.7 Å². The number of nitrogens with one attached hydrogen (secondary N) is 1. The number of rotatable bonds is 6. The second-order valence-electron chi connectivity index (χ2n) is 3.31. The summed E-state index contributed by atoms with van der Waals surface area (Å²) in [4.78, 5) is 0. The molecule has 0 aliphatic heterocycles. The summed E-state index contributed by atoms with van der Waals surface area (Å²) in [6.07, 6.45) is 4.14. The van der Waals surface area contributed by atoms with E-state index in [9.17, 15) is 0 Å². The lowest BCUT2D eigenvalue weighted by molar-refractivity contribution is 0.293. The van der Waals surface area contributed by atoms with Gasteiger partial charge in [-0.25, -0.2) is 0 Å². The normalized spacial score (nSPS) is 13.4. The van der Waals surface area contributed by atoms with E-state index in [-0.39, 0.29) is 5.17 Å². The molecule has 0 aromatic heterocycles. The van der Waals surface area contributed by atoms with E-state index in [1.165, 1.54) is 17.3 Å². The number of ether oxygens (including phenoxy) is 1. The van der Waals surface area contributed by atoms with Crippen molar-refractivity contribution >= 4 is 32.9 Å². The molecule has 0 atom stereocenters. The number of methoxy groups -OCH3 is 1. The quantitative estimate of drug-likeness (QED) is 0.341. The summed E-state index contributed by atoms with van der Waals surface area (Å²) in [7, 11) is 1.65. The first-order chi connectivity index (χ1) is 7.51. The van der Waals surface area contributed by atoms with E-state index in [1.54, 1.807) is 7.11 Å². The monoisotopic (exact) mass is 306 g/mol. The Morgan fingerprint density at radius 3 is 2.62 bits per heavy atom. The molecule has 0 aliphatic carbocycles. The molecule has 0 bridgehead atoms. The molecule has 0 aliphatic rings. The Balaban J connectivity index is 4.62. The molecule has 0 spiro atoms. The van der Waals surface area contributed by atoms with Crippen molar-refractivity contribution in [3.05, 3.63) is 21.9 Å². The molecule has 0 heterocycles. The molecule has 0 amide bonds. The number of thioether (sulfide) groups is 1. The van der Waals surface area contributed by atoms with Gasteiger partial charge in [0.1, 0.15) is 5.76 Å². The van der Waals surface area contributed by atoms with Crippen molar-refractivity contribution in [3.8, 4) is 0 Å². The van der Waals surface area contributed by atoms with Crippen LogP contribution < -0.4 is 5.73 Å². The van der Waals surface area contributed by atoms with Gasteiger partial charge in [0, 0.05) is 5.75 Å². The van der Waals surface area contributed by atoms with E-state index in [2.05, 4.69) is 28.9 Å². The van der Waals surface area contributed by atoms with Gasteiger partial charge < -0.3 is 10.5 Å². The number of amidine groups is 1. The van der Waals surface area contributed by atoms with Crippen LogP contribution in [0.3, 0.4) is 0 Å². The average Bonchev–Trinajstić information content (AvgIpc) is 2.24. The van der Waals surface area contributed by atoms with Crippen molar-refractivity contribution in [3.63, 3.8) is 0 Å². The smallest absolute Gasteiger partial charge is 0.151 e. The van der Waals surface area contributed by atoms with E-state index in [0.29, 0.717) is 0 Å². The van der Waals surface area contributed by atoms with Gasteiger partial charge in [0.2, 0.25) is 0 Å². The molecular formula is C11H19BrN2OS. The Hall–Kier alpha value is -0.420. The molecule has 3 nitrogen and oxygen atoms in total. The van der Waals surface area contributed by atoms with Gasteiger partial charge in [-0.3, -0.25) is 5.41 Å². The predicted octanol–water partition coefficient (Wildman–Crippen LogP) is 3.61. The van der Waals surface area contributed by atoms with Crippen molar-refractivity contribution in [1.29, 1.82) is 5.41 Å². The number of hydrogen-bond acceptors (Lipinski definition) is 3. The van der Waals surface area contributed by atoms with Crippen molar-refractivity contribution < 1.29 is 4.74 Å². The molecule has 5 heteroatoms. The Kier molecular flexibility index (Phi) is 8.47. The van der Waals surface area contributed by atoms with E-state index in [4.69, 9.17) is 15.9 Å². The fourth-order valence-corrected chi connectivity index (χ4v) is 2.11. The van der Waals surface area contributed by atoms with Crippen LogP contribution in [0, 0.1) is 5.41 Å². The van der Waals surface area contributed by atoms with E-state index >= 15 is 0 Å². The van der Waals surface area contributed by atoms with E-state index < -0.39 is 0 Å². The zero-order valence-electron chi connectivity index (χ0n) is 9.97. The van der Waals surface area contributed by atoms with E-state index in [1.807, 2.05) is 6.92 Å². The topological polar surface area (TPSA) is 59.1 Å². The molecule has 0 saturated carbocycles.